The van der Waals surface area contributed by atoms with Crippen LogP contribution < -0.4 is 4.74 Å². The van der Waals surface area contributed by atoms with Crippen LogP contribution in [0.15, 0.2) is 24.3 Å². The van der Waals surface area contributed by atoms with E-state index >= 15 is 0 Å². The molecular weight excluding hydrogens is 196 g/mol. The average Bonchev–Trinajstić information content (AvgIpc) is 2.04. The number of nitro benzene ring substituents is 1. The maximum atomic E-state index is 10.2. The predicted molar refractivity (Wildman–Crippen MR) is 47.3 cm³/mol. The van der Waals surface area contributed by atoms with E-state index in [1.54, 1.807) is 0 Å². The van der Waals surface area contributed by atoms with Gasteiger partial charge in [-0.15, -0.1) is 0 Å². The third-order valence-electron chi connectivity index (χ3n) is 1.25. The molecule has 0 unspecified atom stereocenters. The lowest BCUT2D eigenvalue weighted by molar-refractivity contribution is -0.384. The SMILES string of the molecule is N=C(Cl)Oc1ccc([N+](=O)[O-])cc1. The minimum Gasteiger partial charge on any atom is -0.430 e. The van der Waals surface area contributed by atoms with E-state index < -0.39 is 10.3 Å². The highest BCUT2D eigenvalue weighted by molar-refractivity contribution is 6.62. The Bertz CT molecular complexity index is 336. The number of nitro groups is 1. The lowest BCUT2D eigenvalue weighted by Gasteiger charge is -1.99. The van der Waals surface area contributed by atoms with Gasteiger partial charge < -0.3 is 4.74 Å². The molecule has 0 fully saturated rings. The van der Waals surface area contributed by atoms with Crippen LogP contribution in [0.4, 0.5) is 5.69 Å². The summed E-state index contributed by atoms with van der Waals surface area (Å²) in [4.78, 5) is 9.71. The topological polar surface area (TPSA) is 76.2 Å². The number of hydrogen-bond acceptors (Lipinski definition) is 4. The van der Waals surface area contributed by atoms with Crippen molar-refractivity contribution in [1.82, 2.24) is 0 Å². The quantitative estimate of drug-likeness (QED) is 0.344. The zero-order chi connectivity index (χ0) is 9.84. The smallest absolute Gasteiger partial charge is 0.284 e. The van der Waals surface area contributed by atoms with Gasteiger partial charge in [0.1, 0.15) is 5.75 Å². The summed E-state index contributed by atoms with van der Waals surface area (Å²) < 4.78 is 4.68. The lowest BCUT2D eigenvalue weighted by atomic mass is 10.3. The molecule has 0 bridgehead atoms. The Morgan fingerprint density at radius 2 is 2.00 bits per heavy atom. The third kappa shape index (κ3) is 2.72. The van der Waals surface area contributed by atoms with E-state index in [4.69, 9.17) is 17.0 Å². The molecule has 6 heteroatoms. The Kier molecular flexibility index (Phi) is 2.81. The monoisotopic (exact) mass is 200 g/mol. The van der Waals surface area contributed by atoms with Gasteiger partial charge in [0.15, 0.2) is 0 Å². The van der Waals surface area contributed by atoms with E-state index in [1.807, 2.05) is 0 Å². The molecule has 0 saturated carbocycles. The van der Waals surface area contributed by atoms with Gasteiger partial charge in [-0.2, -0.15) is 0 Å². The van der Waals surface area contributed by atoms with Crippen molar-refractivity contribution in [3.63, 3.8) is 0 Å². The second-order valence-corrected chi connectivity index (χ2v) is 2.47. The highest BCUT2D eigenvalue weighted by Crippen LogP contribution is 2.17. The van der Waals surface area contributed by atoms with Crippen molar-refractivity contribution in [2.24, 2.45) is 0 Å². The van der Waals surface area contributed by atoms with Crippen molar-refractivity contribution in [2.75, 3.05) is 0 Å². The van der Waals surface area contributed by atoms with Crippen molar-refractivity contribution >= 4 is 22.6 Å². The van der Waals surface area contributed by atoms with E-state index in [9.17, 15) is 10.1 Å². The zero-order valence-electron chi connectivity index (χ0n) is 6.36. The van der Waals surface area contributed by atoms with Gasteiger partial charge in [0.2, 0.25) is 0 Å². The van der Waals surface area contributed by atoms with Crippen LogP contribution in [-0.2, 0) is 0 Å². The van der Waals surface area contributed by atoms with Crippen LogP contribution in [0.3, 0.4) is 0 Å². The van der Waals surface area contributed by atoms with E-state index in [1.165, 1.54) is 24.3 Å². The van der Waals surface area contributed by atoms with Crippen molar-refractivity contribution in [2.45, 2.75) is 0 Å². The second kappa shape index (κ2) is 3.86. The van der Waals surface area contributed by atoms with Crippen molar-refractivity contribution in [3.8, 4) is 5.75 Å². The number of nitrogens with zero attached hydrogens (tertiary/aromatic N) is 1. The molecule has 1 N–H and O–H groups in total. The number of hydrogen-bond donors (Lipinski definition) is 1. The van der Waals surface area contributed by atoms with Gasteiger partial charge in [0.25, 0.3) is 11.0 Å². The van der Waals surface area contributed by atoms with E-state index in [-0.39, 0.29) is 5.69 Å². The molecule has 0 amide bonds. The number of benzene rings is 1. The summed E-state index contributed by atoms with van der Waals surface area (Å²) in [7, 11) is 0. The molecule has 1 rings (SSSR count). The fraction of sp³-hybridized carbons (Fsp3) is 0. The summed E-state index contributed by atoms with van der Waals surface area (Å²) >= 11 is 5.14. The van der Waals surface area contributed by atoms with Crippen LogP contribution in [-0.4, -0.2) is 10.3 Å². The molecule has 0 saturated heterocycles. The fourth-order valence-electron chi connectivity index (χ4n) is 0.739. The van der Waals surface area contributed by atoms with Gasteiger partial charge in [-0.25, -0.2) is 0 Å². The second-order valence-electron chi connectivity index (χ2n) is 2.13. The Morgan fingerprint density at radius 1 is 1.46 bits per heavy atom. The minimum atomic E-state index is -0.518. The maximum absolute atomic E-state index is 10.2. The van der Waals surface area contributed by atoms with Gasteiger partial charge in [0, 0.05) is 12.1 Å². The lowest BCUT2D eigenvalue weighted by Crippen LogP contribution is -1.97. The predicted octanol–water partition coefficient (Wildman–Crippen LogP) is 2.15. The minimum absolute atomic E-state index is 0.0338. The van der Waals surface area contributed by atoms with Gasteiger partial charge in [0.05, 0.1) is 4.92 Å². The molecule has 0 radical (unpaired) electrons. The molecule has 13 heavy (non-hydrogen) atoms. The molecule has 0 aliphatic rings. The van der Waals surface area contributed by atoms with E-state index in [0.717, 1.165) is 0 Å². The summed E-state index contributed by atoms with van der Waals surface area (Å²) in [5.74, 6) is 0.297. The summed E-state index contributed by atoms with van der Waals surface area (Å²) in [6.45, 7) is 0. The van der Waals surface area contributed by atoms with Crippen molar-refractivity contribution in [3.05, 3.63) is 34.4 Å². The first kappa shape index (κ1) is 9.47. The molecule has 0 heterocycles. The van der Waals surface area contributed by atoms with Gasteiger partial charge in [-0.1, -0.05) is 0 Å². The first-order valence-corrected chi connectivity index (χ1v) is 3.64. The van der Waals surface area contributed by atoms with Crippen LogP contribution in [0.1, 0.15) is 0 Å². The van der Waals surface area contributed by atoms with Crippen molar-refractivity contribution < 1.29 is 9.66 Å². The molecule has 0 aromatic heterocycles. The van der Waals surface area contributed by atoms with Crippen molar-refractivity contribution in [1.29, 1.82) is 5.41 Å². The third-order valence-corrected chi connectivity index (χ3v) is 1.33. The van der Waals surface area contributed by atoms with Crippen LogP contribution >= 0.6 is 11.6 Å². The summed E-state index contributed by atoms with van der Waals surface area (Å²) in [6.07, 6.45) is 0. The van der Waals surface area contributed by atoms with Gasteiger partial charge in [-0.3, -0.25) is 15.5 Å². The Balaban J connectivity index is 2.81. The Hall–Kier alpha value is -1.62. The number of non-ortho nitro benzene ring substituents is 1. The van der Waals surface area contributed by atoms with Crippen LogP contribution in [0.25, 0.3) is 0 Å². The maximum Gasteiger partial charge on any atom is 0.284 e. The average molecular weight is 201 g/mol. The molecule has 1 aromatic rings. The van der Waals surface area contributed by atoms with E-state index in [2.05, 4.69) is 4.74 Å². The number of nitrogens with one attached hydrogen (secondary N) is 1. The molecule has 0 aliphatic heterocycles. The standard InChI is InChI=1S/C7H5ClN2O3/c8-7(9)13-6-3-1-5(2-4-6)10(11)12/h1-4,9H. The highest BCUT2D eigenvalue weighted by Gasteiger charge is 2.04. The van der Waals surface area contributed by atoms with Crippen LogP contribution in [0.5, 0.6) is 5.75 Å². The molecule has 68 valence electrons. The van der Waals surface area contributed by atoms with Gasteiger partial charge in [-0.05, 0) is 23.7 Å². The molecule has 1 aromatic carbocycles. The number of rotatable bonds is 2. The first-order valence-electron chi connectivity index (χ1n) is 3.26. The van der Waals surface area contributed by atoms with Crippen LogP contribution in [0, 0.1) is 15.5 Å². The first-order chi connectivity index (χ1) is 6.09. The number of halogens is 1. The van der Waals surface area contributed by atoms with Crippen LogP contribution in [0.2, 0.25) is 0 Å². The van der Waals surface area contributed by atoms with Gasteiger partial charge >= 0.3 is 0 Å². The normalized spacial score (nSPS) is 9.31. The molecule has 0 aliphatic carbocycles. The number of ether oxygens (including phenoxy) is 1. The molecule has 0 atom stereocenters. The summed E-state index contributed by atoms with van der Waals surface area (Å²) in [5, 5.41) is 16.5. The Morgan fingerprint density at radius 3 is 2.38 bits per heavy atom. The Labute approximate surface area is 78.6 Å². The zero-order valence-corrected chi connectivity index (χ0v) is 7.12. The molecule has 5 nitrogen and oxygen atoms in total. The molecular formula is C7H5ClN2O3. The van der Waals surface area contributed by atoms with E-state index in [0.29, 0.717) is 5.75 Å². The summed E-state index contributed by atoms with van der Waals surface area (Å²) in [6, 6.07) is 5.29. The largest absolute Gasteiger partial charge is 0.430 e. The summed E-state index contributed by atoms with van der Waals surface area (Å²) in [5.41, 5.74) is -0.0338. The highest BCUT2D eigenvalue weighted by atomic mass is 35.5. The molecule has 0 spiro atoms. The fourth-order valence-corrected chi connectivity index (χ4v) is 0.828.